The van der Waals surface area contributed by atoms with E-state index in [1.54, 1.807) is 7.11 Å². The van der Waals surface area contributed by atoms with Gasteiger partial charge in [0.15, 0.2) is 0 Å². The fourth-order valence-corrected chi connectivity index (χ4v) is 3.39. The van der Waals surface area contributed by atoms with Crippen LogP contribution >= 0.6 is 31.9 Å². The van der Waals surface area contributed by atoms with Crippen LogP contribution in [0.3, 0.4) is 0 Å². The van der Waals surface area contributed by atoms with E-state index in [0.717, 1.165) is 19.2 Å². The number of amides is 1. The Hall–Kier alpha value is -1.51. The standard InChI is InChI=1S/C15H15Br2N3O3/c1-20-13(21)4-3-12(19-20)15(22)18-14-9(5-6-23-2)7-10(16)8-11(14)17/h3-4,7-8H,5-6H2,1-2H3,(H,18,22). The number of carbonyl (C=O) groups is 1. The molecule has 0 spiro atoms. The van der Waals surface area contributed by atoms with E-state index in [-0.39, 0.29) is 17.2 Å². The Morgan fingerprint density at radius 1 is 1.35 bits per heavy atom. The summed E-state index contributed by atoms with van der Waals surface area (Å²) in [5.74, 6) is -0.387. The molecule has 23 heavy (non-hydrogen) atoms. The minimum Gasteiger partial charge on any atom is -0.384 e. The largest absolute Gasteiger partial charge is 0.384 e. The molecule has 6 nitrogen and oxygen atoms in total. The summed E-state index contributed by atoms with van der Waals surface area (Å²) in [6, 6.07) is 6.48. The first-order valence-corrected chi connectivity index (χ1v) is 8.33. The Bertz CT molecular complexity index is 790. The molecule has 0 aliphatic rings. The summed E-state index contributed by atoms with van der Waals surface area (Å²) in [5.41, 5.74) is 1.48. The van der Waals surface area contributed by atoms with Gasteiger partial charge in [-0.3, -0.25) is 9.59 Å². The summed E-state index contributed by atoms with van der Waals surface area (Å²) in [4.78, 5) is 23.7. The van der Waals surface area contributed by atoms with Crippen LogP contribution in [0.15, 0.2) is 38.0 Å². The van der Waals surface area contributed by atoms with Gasteiger partial charge in [-0.2, -0.15) is 5.10 Å². The second-order valence-electron chi connectivity index (χ2n) is 4.80. The minimum atomic E-state index is -0.387. The number of methoxy groups -OCH3 is 1. The molecule has 0 aliphatic carbocycles. The number of nitrogens with one attached hydrogen (secondary N) is 1. The van der Waals surface area contributed by atoms with Gasteiger partial charge in [0, 0.05) is 29.2 Å². The topological polar surface area (TPSA) is 73.2 Å². The molecule has 1 amide bonds. The molecule has 0 radical (unpaired) electrons. The zero-order valence-electron chi connectivity index (χ0n) is 12.6. The molecule has 8 heteroatoms. The van der Waals surface area contributed by atoms with Crippen molar-refractivity contribution < 1.29 is 9.53 Å². The molecule has 1 aromatic heterocycles. The third-order valence-corrected chi connectivity index (χ3v) is 4.23. The van der Waals surface area contributed by atoms with Gasteiger partial charge in [-0.15, -0.1) is 0 Å². The highest BCUT2D eigenvalue weighted by molar-refractivity contribution is 9.11. The molecule has 0 bridgehead atoms. The average molecular weight is 445 g/mol. The summed E-state index contributed by atoms with van der Waals surface area (Å²) in [5, 5.41) is 6.79. The van der Waals surface area contributed by atoms with Crippen LogP contribution in [0.2, 0.25) is 0 Å². The molecule has 1 heterocycles. The second kappa shape index (κ2) is 7.85. The van der Waals surface area contributed by atoms with Crippen molar-refractivity contribution in [1.29, 1.82) is 0 Å². The molecule has 1 aromatic carbocycles. The summed E-state index contributed by atoms with van der Waals surface area (Å²) in [6.45, 7) is 0.532. The molecule has 122 valence electrons. The van der Waals surface area contributed by atoms with Gasteiger partial charge in [0.2, 0.25) is 0 Å². The smallest absolute Gasteiger partial charge is 0.276 e. The Morgan fingerprint density at radius 3 is 2.74 bits per heavy atom. The van der Waals surface area contributed by atoms with Crippen molar-refractivity contribution in [1.82, 2.24) is 9.78 Å². The molecule has 0 saturated carbocycles. The van der Waals surface area contributed by atoms with Crippen LogP contribution in [-0.4, -0.2) is 29.4 Å². The molecule has 2 rings (SSSR count). The number of anilines is 1. The normalized spacial score (nSPS) is 10.6. The first-order chi connectivity index (χ1) is 10.9. The van der Waals surface area contributed by atoms with E-state index >= 15 is 0 Å². The minimum absolute atomic E-state index is 0.166. The number of hydrogen-bond donors (Lipinski definition) is 1. The summed E-state index contributed by atoms with van der Waals surface area (Å²) in [6.07, 6.45) is 0.644. The lowest BCUT2D eigenvalue weighted by Gasteiger charge is -2.14. The maximum atomic E-state index is 12.4. The highest BCUT2D eigenvalue weighted by Crippen LogP contribution is 2.31. The van der Waals surface area contributed by atoms with E-state index in [2.05, 4.69) is 42.3 Å². The predicted molar refractivity (Wildman–Crippen MR) is 94.9 cm³/mol. The van der Waals surface area contributed by atoms with Crippen LogP contribution in [0, 0.1) is 0 Å². The Kier molecular flexibility index (Phi) is 6.09. The van der Waals surface area contributed by atoms with Crippen molar-refractivity contribution in [2.75, 3.05) is 19.0 Å². The zero-order chi connectivity index (χ0) is 17.0. The fourth-order valence-electron chi connectivity index (χ4n) is 1.98. The zero-order valence-corrected chi connectivity index (χ0v) is 15.8. The number of halogens is 2. The maximum Gasteiger partial charge on any atom is 0.276 e. The van der Waals surface area contributed by atoms with Crippen LogP contribution in [0.5, 0.6) is 0 Å². The van der Waals surface area contributed by atoms with Gasteiger partial charge >= 0.3 is 0 Å². The summed E-state index contributed by atoms with van der Waals surface area (Å²) in [7, 11) is 3.12. The number of benzene rings is 1. The van der Waals surface area contributed by atoms with Crippen LogP contribution in [0.25, 0.3) is 0 Å². The van der Waals surface area contributed by atoms with E-state index in [9.17, 15) is 9.59 Å². The number of aromatic nitrogens is 2. The van der Waals surface area contributed by atoms with E-state index in [0.29, 0.717) is 18.7 Å². The highest BCUT2D eigenvalue weighted by atomic mass is 79.9. The molecule has 2 aromatic rings. The number of ether oxygens (including phenoxy) is 1. The highest BCUT2D eigenvalue weighted by Gasteiger charge is 2.15. The average Bonchev–Trinajstić information content (AvgIpc) is 2.50. The third-order valence-electron chi connectivity index (χ3n) is 3.14. The van der Waals surface area contributed by atoms with Crippen molar-refractivity contribution in [3.63, 3.8) is 0 Å². The Balaban J connectivity index is 2.32. The van der Waals surface area contributed by atoms with Crippen molar-refractivity contribution in [3.8, 4) is 0 Å². The van der Waals surface area contributed by atoms with Crippen LogP contribution < -0.4 is 10.9 Å². The summed E-state index contributed by atoms with van der Waals surface area (Å²) >= 11 is 6.89. The molecular formula is C15H15Br2N3O3. The van der Waals surface area contributed by atoms with Crippen molar-refractivity contribution in [2.45, 2.75) is 6.42 Å². The van der Waals surface area contributed by atoms with E-state index in [1.807, 2.05) is 12.1 Å². The predicted octanol–water partition coefficient (Wildman–Crippen LogP) is 2.75. The van der Waals surface area contributed by atoms with Crippen molar-refractivity contribution in [3.05, 3.63) is 54.8 Å². The Labute approximate surface area is 150 Å². The van der Waals surface area contributed by atoms with Crippen LogP contribution in [0.1, 0.15) is 16.1 Å². The number of nitrogens with zero attached hydrogens (tertiary/aromatic N) is 2. The van der Waals surface area contributed by atoms with Gasteiger partial charge in [0.1, 0.15) is 5.69 Å². The monoisotopic (exact) mass is 443 g/mol. The fraction of sp³-hybridized carbons (Fsp3) is 0.267. The van der Waals surface area contributed by atoms with Gasteiger partial charge in [-0.25, -0.2) is 4.68 Å². The number of aryl methyl sites for hydroxylation is 1. The first-order valence-electron chi connectivity index (χ1n) is 6.75. The molecule has 0 unspecified atom stereocenters. The van der Waals surface area contributed by atoms with Crippen molar-refractivity contribution in [2.24, 2.45) is 7.05 Å². The van der Waals surface area contributed by atoms with Gasteiger partial charge in [-0.1, -0.05) is 15.9 Å². The SMILES string of the molecule is COCCc1cc(Br)cc(Br)c1NC(=O)c1ccc(=O)n(C)n1. The Morgan fingerprint density at radius 2 is 2.09 bits per heavy atom. The quantitative estimate of drug-likeness (QED) is 0.769. The second-order valence-corrected chi connectivity index (χ2v) is 6.57. The lowest BCUT2D eigenvalue weighted by molar-refractivity contribution is 0.102. The van der Waals surface area contributed by atoms with Gasteiger partial charge in [0.05, 0.1) is 12.3 Å². The third kappa shape index (κ3) is 4.49. The van der Waals surface area contributed by atoms with Crippen LogP contribution in [-0.2, 0) is 18.2 Å². The molecule has 0 atom stereocenters. The lowest BCUT2D eigenvalue weighted by atomic mass is 10.1. The van der Waals surface area contributed by atoms with Gasteiger partial charge in [-0.05, 0) is 46.1 Å². The number of rotatable bonds is 5. The van der Waals surface area contributed by atoms with Gasteiger partial charge < -0.3 is 10.1 Å². The maximum absolute atomic E-state index is 12.4. The first kappa shape index (κ1) is 17.8. The van der Waals surface area contributed by atoms with Crippen molar-refractivity contribution >= 4 is 43.5 Å². The molecular weight excluding hydrogens is 430 g/mol. The molecule has 0 fully saturated rings. The van der Waals surface area contributed by atoms with E-state index in [4.69, 9.17) is 4.74 Å². The summed E-state index contributed by atoms with van der Waals surface area (Å²) < 4.78 is 7.87. The van der Waals surface area contributed by atoms with E-state index in [1.165, 1.54) is 19.2 Å². The van der Waals surface area contributed by atoms with Crippen LogP contribution in [0.4, 0.5) is 5.69 Å². The molecule has 0 saturated heterocycles. The lowest BCUT2D eigenvalue weighted by Crippen LogP contribution is -2.24. The number of carbonyl (C=O) groups excluding carboxylic acids is 1. The van der Waals surface area contributed by atoms with Gasteiger partial charge in [0.25, 0.3) is 11.5 Å². The molecule has 1 N–H and O–H groups in total. The number of hydrogen-bond acceptors (Lipinski definition) is 4. The molecule has 0 aliphatic heterocycles. The van der Waals surface area contributed by atoms with E-state index < -0.39 is 0 Å².